The van der Waals surface area contributed by atoms with Crippen LogP contribution < -0.4 is 10.1 Å². The average Bonchev–Trinajstić information content (AvgIpc) is 3.31. The summed E-state index contributed by atoms with van der Waals surface area (Å²) in [7, 11) is 1.70. The highest BCUT2D eigenvalue weighted by atomic mass is 16.5. The van der Waals surface area contributed by atoms with Crippen molar-refractivity contribution >= 4 is 16.7 Å². The predicted molar refractivity (Wildman–Crippen MR) is 89.3 cm³/mol. The first-order chi connectivity index (χ1) is 10.7. The Morgan fingerprint density at radius 2 is 2.18 bits per heavy atom. The van der Waals surface area contributed by atoms with Crippen LogP contribution in [0.15, 0.2) is 36.4 Å². The zero-order valence-electron chi connectivity index (χ0n) is 13.3. The Morgan fingerprint density at radius 1 is 1.32 bits per heavy atom. The molecule has 3 rings (SSSR count). The lowest BCUT2D eigenvalue weighted by Crippen LogP contribution is -2.25. The topological polar surface area (TPSA) is 38.3 Å². The highest BCUT2D eigenvalue weighted by Crippen LogP contribution is 2.49. The van der Waals surface area contributed by atoms with Crippen molar-refractivity contribution in [3.05, 3.63) is 42.0 Å². The van der Waals surface area contributed by atoms with Crippen molar-refractivity contribution in [3.63, 3.8) is 0 Å². The van der Waals surface area contributed by atoms with Gasteiger partial charge < -0.3 is 10.1 Å². The highest BCUT2D eigenvalue weighted by molar-refractivity contribution is 5.88. The molecular weight excluding hydrogens is 274 g/mol. The Labute approximate surface area is 131 Å². The Morgan fingerprint density at radius 3 is 2.95 bits per heavy atom. The van der Waals surface area contributed by atoms with Gasteiger partial charge >= 0.3 is 0 Å². The van der Waals surface area contributed by atoms with E-state index in [1.54, 1.807) is 7.11 Å². The van der Waals surface area contributed by atoms with E-state index in [4.69, 9.17) is 4.74 Å². The minimum Gasteiger partial charge on any atom is -0.497 e. The summed E-state index contributed by atoms with van der Waals surface area (Å²) < 4.78 is 5.35. The summed E-state index contributed by atoms with van der Waals surface area (Å²) in [4.78, 5) is 11.6. The zero-order chi connectivity index (χ0) is 15.5. The maximum atomic E-state index is 11.6. The number of nitrogens with one attached hydrogen (secondary N) is 1. The highest BCUT2D eigenvalue weighted by Gasteiger charge is 2.39. The molecule has 1 aliphatic carbocycles. The van der Waals surface area contributed by atoms with E-state index in [1.165, 1.54) is 16.3 Å². The van der Waals surface area contributed by atoms with Crippen molar-refractivity contribution < 1.29 is 9.53 Å². The number of rotatable bonds is 6. The quantitative estimate of drug-likeness (QED) is 0.879. The van der Waals surface area contributed by atoms with Crippen LogP contribution in [0.4, 0.5) is 0 Å². The predicted octanol–water partition coefficient (Wildman–Crippen LogP) is 3.87. The SMILES string of the molecule is CCCC(=O)NC[C@@H]1C[C@H]1c1cccc2ccc(OC)cc12. The van der Waals surface area contributed by atoms with Gasteiger partial charge in [0.1, 0.15) is 5.75 Å². The lowest BCUT2D eigenvalue weighted by molar-refractivity contribution is -0.121. The van der Waals surface area contributed by atoms with Gasteiger partial charge in [0, 0.05) is 13.0 Å². The van der Waals surface area contributed by atoms with Crippen molar-refractivity contribution in [1.29, 1.82) is 0 Å². The van der Waals surface area contributed by atoms with Crippen LogP contribution >= 0.6 is 0 Å². The fraction of sp³-hybridized carbons (Fsp3) is 0.421. The van der Waals surface area contributed by atoms with E-state index in [0.29, 0.717) is 18.3 Å². The molecule has 1 saturated carbocycles. The van der Waals surface area contributed by atoms with Crippen LogP contribution in [0.2, 0.25) is 0 Å². The van der Waals surface area contributed by atoms with Crippen LogP contribution in [-0.4, -0.2) is 19.6 Å². The Balaban J connectivity index is 1.73. The van der Waals surface area contributed by atoms with Gasteiger partial charge in [0.25, 0.3) is 0 Å². The summed E-state index contributed by atoms with van der Waals surface area (Å²) in [6.45, 7) is 2.83. The van der Waals surface area contributed by atoms with Gasteiger partial charge in [-0.25, -0.2) is 0 Å². The maximum absolute atomic E-state index is 11.6. The van der Waals surface area contributed by atoms with E-state index in [1.807, 2.05) is 13.0 Å². The normalized spacial score (nSPS) is 19.9. The van der Waals surface area contributed by atoms with Crippen LogP contribution in [0.3, 0.4) is 0 Å². The molecule has 0 spiro atoms. The third-order valence-electron chi connectivity index (χ3n) is 4.48. The number of carbonyl (C=O) groups excluding carboxylic acids is 1. The maximum Gasteiger partial charge on any atom is 0.219 e. The molecule has 2 aromatic carbocycles. The number of hydrogen-bond acceptors (Lipinski definition) is 2. The number of benzene rings is 2. The number of hydrogen-bond donors (Lipinski definition) is 1. The summed E-state index contributed by atoms with van der Waals surface area (Å²) in [5, 5.41) is 5.57. The molecule has 0 aliphatic heterocycles. The summed E-state index contributed by atoms with van der Waals surface area (Å²) in [5.74, 6) is 2.19. The molecule has 0 saturated heterocycles. The number of fused-ring (bicyclic) bond motifs is 1. The smallest absolute Gasteiger partial charge is 0.219 e. The van der Waals surface area contributed by atoms with Crippen molar-refractivity contribution in [1.82, 2.24) is 5.32 Å². The molecule has 116 valence electrons. The third-order valence-corrected chi connectivity index (χ3v) is 4.48. The average molecular weight is 297 g/mol. The molecule has 3 nitrogen and oxygen atoms in total. The van der Waals surface area contributed by atoms with E-state index < -0.39 is 0 Å². The monoisotopic (exact) mass is 297 g/mol. The van der Waals surface area contributed by atoms with Gasteiger partial charge in [-0.05, 0) is 53.1 Å². The Hall–Kier alpha value is -2.03. The van der Waals surface area contributed by atoms with Gasteiger partial charge in [0.15, 0.2) is 0 Å². The second kappa shape index (κ2) is 6.39. The third kappa shape index (κ3) is 3.08. The largest absolute Gasteiger partial charge is 0.497 e. The lowest BCUT2D eigenvalue weighted by atomic mass is 10.00. The molecule has 22 heavy (non-hydrogen) atoms. The van der Waals surface area contributed by atoms with Gasteiger partial charge in [-0.15, -0.1) is 0 Å². The molecule has 0 heterocycles. The second-order valence-corrected chi connectivity index (χ2v) is 6.09. The lowest BCUT2D eigenvalue weighted by Gasteiger charge is -2.09. The van der Waals surface area contributed by atoms with E-state index in [9.17, 15) is 4.79 Å². The molecule has 2 atom stereocenters. The summed E-state index contributed by atoms with van der Waals surface area (Å²) in [5.41, 5.74) is 1.38. The van der Waals surface area contributed by atoms with Gasteiger partial charge in [-0.2, -0.15) is 0 Å². The van der Waals surface area contributed by atoms with E-state index >= 15 is 0 Å². The van der Waals surface area contributed by atoms with E-state index in [2.05, 4.69) is 35.6 Å². The van der Waals surface area contributed by atoms with E-state index in [-0.39, 0.29) is 5.91 Å². The van der Waals surface area contributed by atoms with Crippen molar-refractivity contribution in [3.8, 4) is 5.75 Å². The summed E-state index contributed by atoms with van der Waals surface area (Å²) >= 11 is 0. The molecule has 0 aromatic heterocycles. The van der Waals surface area contributed by atoms with Crippen LogP contribution in [0, 0.1) is 5.92 Å². The van der Waals surface area contributed by atoms with Gasteiger partial charge in [0.2, 0.25) is 5.91 Å². The molecular formula is C19H23NO2. The molecule has 0 radical (unpaired) electrons. The zero-order valence-corrected chi connectivity index (χ0v) is 13.3. The molecule has 0 bridgehead atoms. The molecule has 1 aliphatic rings. The molecule has 3 heteroatoms. The molecule has 1 amide bonds. The van der Waals surface area contributed by atoms with Gasteiger partial charge in [-0.1, -0.05) is 31.2 Å². The molecule has 2 aromatic rings. The molecule has 1 fully saturated rings. The van der Waals surface area contributed by atoms with Crippen LogP contribution in [-0.2, 0) is 4.79 Å². The first kappa shape index (κ1) is 14.9. The van der Waals surface area contributed by atoms with Crippen molar-refractivity contribution in [2.24, 2.45) is 5.92 Å². The van der Waals surface area contributed by atoms with Crippen LogP contribution in [0.5, 0.6) is 5.75 Å². The first-order valence-corrected chi connectivity index (χ1v) is 8.06. The number of ether oxygens (including phenoxy) is 1. The molecule has 0 unspecified atom stereocenters. The van der Waals surface area contributed by atoms with E-state index in [0.717, 1.165) is 25.1 Å². The van der Waals surface area contributed by atoms with Gasteiger partial charge in [0.05, 0.1) is 7.11 Å². The number of methoxy groups -OCH3 is 1. The van der Waals surface area contributed by atoms with Gasteiger partial charge in [-0.3, -0.25) is 4.79 Å². The fourth-order valence-electron chi connectivity index (χ4n) is 3.14. The fourth-order valence-corrected chi connectivity index (χ4v) is 3.14. The van der Waals surface area contributed by atoms with Crippen molar-refractivity contribution in [2.45, 2.75) is 32.1 Å². The summed E-state index contributed by atoms with van der Waals surface area (Å²) in [6, 6.07) is 12.7. The summed E-state index contributed by atoms with van der Waals surface area (Å²) in [6.07, 6.45) is 2.69. The Kier molecular flexibility index (Phi) is 4.32. The van der Waals surface area contributed by atoms with Crippen LogP contribution in [0.1, 0.15) is 37.7 Å². The molecule has 1 N–H and O–H groups in total. The Bertz CT molecular complexity index is 680. The van der Waals surface area contributed by atoms with Crippen LogP contribution in [0.25, 0.3) is 10.8 Å². The first-order valence-electron chi connectivity index (χ1n) is 8.06. The minimum atomic E-state index is 0.174. The number of carbonyl (C=O) groups is 1. The minimum absolute atomic E-state index is 0.174. The van der Waals surface area contributed by atoms with Crippen molar-refractivity contribution in [2.75, 3.05) is 13.7 Å². The number of amides is 1. The standard InChI is InChI=1S/C19H23NO2/c1-3-5-19(21)20-12-14-10-17(14)16-7-4-6-13-8-9-15(22-2)11-18(13)16/h4,6-9,11,14,17H,3,5,10,12H2,1-2H3,(H,20,21)/t14-,17+/m0/s1. The second-order valence-electron chi connectivity index (χ2n) is 6.09.